The van der Waals surface area contributed by atoms with E-state index in [4.69, 9.17) is 0 Å². The highest BCUT2D eigenvalue weighted by atomic mass is 16.4. The Labute approximate surface area is 89.6 Å². The van der Waals surface area contributed by atoms with E-state index in [1.54, 1.807) is 13.0 Å². The SMILES string of the molecule is C=CCCC(C)(C(=O)O)N(C=O)C1CC1. The van der Waals surface area contributed by atoms with Gasteiger partial charge in [0.05, 0.1) is 0 Å². The number of aliphatic carboxylic acids is 1. The second-order valence-corrected chi connectivity index (χ2v) is 4.15. The van der Waals surface area contributed by atoms with E-state index in [-0.39, 0.29) is 6.04 Å². The third-order valence-corrected chi connectivity index (χ3v) is 2.92. The summed E-state index contributed by atoms with van der Waals surface area (Å²) in [6.07, 6.45) is 5.18. The van der Waals surface area contributed by atoms with Crippen molar-refractivity contribution in [1.82, 2.24) is 4.90 Å². The molecule has 1 aliphatic rings. The third kappa shape index (κ3) is 2.37. The molecule has 0 aromatic heterocycles. The smallest absolute Gasteiger partial charge is 0.329 e. The molecular weight excluding hydrogens is 194 g/mol. The molecule has 1 aliphatic carbocycles. The summed E-state index contributed by atoms with van der Waals surface area (Å²) in [5.41, 5.74) is -1.09. The fraction of sp³-hybridized carbons (Fsp3) is 0.636. The van der Waals surface area contributed by atoms with Crippen molar-refractivity contribution in [3.05, 3.63) is 12.7 Å². The van der Waals surface area contributed by atoms with Gasteiger partial charge >= 0.3 is 5.97 Å². The molecule has 1 fully saturated rings. The monoisotopic (exact) mass is 211 g/mol. The van der Waals surface area contributed by atoms with Gasteiger partial charge in [0.2, 0.25) is 6.41 Å². The van der Waals surface area contributed by atoms with Crippen LogP contribution in [0.1, 0.15) is 32.6 Å². The zero-order valence-electron chi connectivity index (χ0n) is 8.98. The second-order valence-electron chi connectivity index (χ2n) is 4.15. The number of carboxylic acid groups (broad SMARTS) is 1. The van der Waals surface area contributed by atoms with Gasteiger partial charge in [-0.05, 0) is 32.6 Å². The van der Waals surface area contributed by atoms with E-state index in [0.29, 0.717) is 19.3 Å². The Hall–Kier alpha value is -1.32. The van der Waals surface area contributed by atoms with E-state index in [2.05, 4.69) is 6.58 Å². The van der Waals surface area contributed by atoms with Crippen molar-refractivity contribution in [2.24, 2.45) is 0 Å². The Bertz CT molecular complexity index is 273. The van der Waals surface area contributed by atoms with Gasteiger partial charge in [0.25, 0.3) is 0 Å². The second kappa shape index (κ2) is 4.47. The van der Waals surface area contributed by atoms with Gasteiger partial charge in [-0.15, -0.1) is 6.58 Å². The maximum absolute atomic E-state index is 11.2. The molecular formula is C11H17NO3. The number of carboxylic acids is 1. The van der Waals surface area contributed by atoms with E-state index < -0.39 is 11.5 Å². The number of carbonyl (C=O) groups excluding carboxylic acids is 1. The van der Waals surface area contributed by atoms with Crippen LogP contribution in [0.2, 0.25) is 0 Å². The fourth-order valence-corrected chi connectivity index (χ4v) is 1.69. The molecule has 4 heteroatoms. The van der Waals surface area contributed by atoms with Gasteiger partial charge < -0.3 is 10.0 Å². The van der Waals surface area contributed by atoms with E-state index in [1.165, 1.54) is 4.90 Å². The predicted molar refractivity (Wildman–Crippen MR) is 56.4 cm³/mol. The van der Waals surface area contributed by atoms with Gasteiger partial charge in [-0.1, -0.05) is 6.08 Å². The summed E-state index contributed by atoms with van der Waals surface area (Å²) in [6.45, 7) is 5.17. The first-order chi connectivity index (χ1) is 7.06. The quantitative estimate of drug-likeness (QED) is 0.511. The number of rotatable bonds is 7. The van der Waals surface area contributed by atoms with E-state index in [1.807, 2.05) is 0 Å². The maximum atomic E-state index is 11.2. The Morgan fingerprint density at radius 3 is 2.60 bits per heavy atom. The van der Waals surface area contributed by atoms with Crippen molar-refractivity contribution in [2.75, 3.05) is 0 Å². The average Bonchev–Trinajstić information content (AvgIpc) is 2.99. The van der Waals surface area contributed by atoms with E-state index >= 15 is 0 Å². The van der Waals surface area contributed by atoms with Crippen LogP contribution in [0, 0.1) is 0 Å². The first-order valence-corrected chi connectivity index (χ1v) is 5.14. The van der Waals surface area contributed by atoms with Crippen LogP contribution in [0.3, 0.4) is 0 Å². The summed E-state index contributed by atoms with van der Waals surface area (Å²) in [5.74, 6) is -0.941. The first-order valence-electron chi connectivity index (χ1n) is 5.14. The molecule has 84 valence electrons. The van der Waals surface area contributed by atoms with Crippen LogP contribution in [0.4, 0.5) is 0 Å². The van der Waals surface area contributed by atoms with Crippen molar-refractivity contribution in [3.63, 3.8) is 0 Å². The number of allylic oxidation sites excluding steroid dienone is 1. The summed E-state index contributed by atoms with van der Waals surface area (Å²) >= 11 is 0. The lowest BCUT2D eigenvalue weighted by molar-refractivity contribution is -0.155. The highest BCUT2D eigenvalue weighted by Crippen LogP contribution is 2.34. The molecule has 0 spiro atoms. The highest BCUT2D eigenvalue weighted by Gasteiger charge is 2.45. The molecule has 0 radical (unpaired) electrons. The van der Waals surface area contributed by atoms with Gasteiger partial charge in [-0.25, -0.2) is 4.79 Å². The van der Waals surface area contributed by atoms with Crippen LogP contribution in [0.5, 0.6) is 0 Å². The molecule has 1 N–H and O–H groups in total. The lowest BCUT2D eigenvalue weighted by atomic mass is 9.93. The topological polar surface area (TPSA) is 57.6 Å². The Kier molecular flexibility index (Phi) is 3.50. The van der Waals surface area contributed by atoms with Crippen molar-refractivity contribution in [2.45, 2.75) is 44.2 Å². The molecule has 0 aromatic carbocycles. The van der Waals surface area contributed by atoms with Crippen LogP contribution >= 0.6 is 0 Å². The minimum absolute atomic E-state index is 0.119. The molecule has 0 heterocycles. The molecule has 1 atom stereocenters. The molecule has 0 aromatic rings. The van der Waals surface area contributed by atoms with Crippen LogP contribution < -0.4 is 0 Å². The molecule has 1 amide bonds. The van der Waals surface area contributed by atoms with Crippen LogP contribution in [0.15, 0.2) is 12.7 Å². The molecule has 1 rings (SSSR count). The minimum atomic E-state index is -1.09. The molecule has 0 bridgehead atoms. The Morgan fingerprint density at radius 1 is 1.67 bits per heavy atom. The molecule has 0 saturated heterocycles. The summed E-state index contributed by atoms with van der Waals surface area (Å²) in [7, 11) is 0. The van der Waals surface area contributed by atoms with Gasteiger partial charge in [0.15, 0.2) is 0 Å². The average molecular weight is 211 g/mol. The normalized spacial score (nSPS) is 19.0. The summed E-state index contributed by atoms with van der Waals surface area (Å²) in [4.78, 5) is 23.6. The summed E-state index contributed by atoms with van der Waals surface area (Å²) in [6, 6.07) is 0.119. The number of hydrogen-bond acceptors (Lipinski definition) is 2. The highest BCUT2D eigenvalue weighted by molar-refractivity contribution is 5.81. The molecule has 0 aliphatic heterocycles. The third-order valence-electron chi connectivity index (χ3n) is 2.92. The van der Waals surface area contributed by atoms with Crippen molar-refractivity contribution in [3.8, 4) is 0 Å². The fourth-order valence-electron chi connectivity index (χ4n) is 1.69. The molecule has 15 heavy (non-hydrogen) atoms. The minimum Gasteiger partial charge on any atom is -0.480 e. The lowest BCUT2D eigenvalue weighted by Gasteiger charge is -2.35. The maximum Gasteiger partial charge on any atom is 0.329 e. The Balaban J connectivity index is 2.81. The van der Waals surface area contributed by atoms with Gasteiger partial charge in [-0.3, -0.25) is 4.79 Å². The lowest BCUT2D eigenvalue weighted by Crippen LogP contribution is -2.52. The van der Waals surface area contributed by atoms with Crippen molar-refractivity contribution in [1.29, 1.82) is 0 Å². The number of amides is 1. The summed E-state index contributed by atoms with van der Waals surface area (Å²) in [5, 5.41) is 9.20. The number of hydrogen-bond donors (Lipinski definition) is 1. The standard InChI is InChI=1S/C11H17NO3/c1-3-4-7-11(2,10(14)15)12(8-13)9-5-6-9/h3,8-9H,1,4-7H2,2H3,(H,14,15). The Morgan fingerprint density at radius 2 is 2.27 bits per heavy atom. The number of nitrogens with zero attached hydrogens (tertiary/aromatic N) is 1. The molecule has 1 unspecified atom stereocenters. The predicted octanol–water partition coefficient (Wildman–Crippen LogP) is 1.42. The van der Waals surface area contributed by atoms with Gasteiger partial charge in [0, 0.05) is 6.04 Å². The number of carbonyl (C=O) groups is 2. The first kappa shape index (κ1) is 11.8. The van der Waals surface area contributed by atoms with Gasteiger partial charge in [0.1, 0.15) is 5.54 Å². The zero-order chi connectivity index (χ0) is 11.5. The van der Waals surface area contributed by atoms with Crippen LogP contribution in [-0.4, -0.2) is 34.0 Å². The van der Waals surface area contributed by atoms with E-state index in [0.717, 1.165) is 12.8 Å². The largest absolute Gasteiger partial charge is 0.480 e. The van der Waals surface area contributed by atoms with E-state index in [9.17, 15) is 14.7 Å². The van der Waals surface area contributed by atoms with Crippen molar-refractivity contribution >= 4 is 12.4 Å². The summed E-state index contributed by atoms with van der Waals surface area (Å²) < 4.78 is 0. The van der Waals surface area contributed by atoms with Crippen LogP contribution in [0.25, 0.3) is 0 Å². The van der Waals surface area contributed by atoms with Crippen LogP contribution in [-0.2, 0) is 9.59 Å². The molecule has 4 nitrogen and oxygen atoms in total. The van der Waals surface area contributed by atoms with Crippen molar-refractivity contribution < 1.29 is 14.7 Å². The van der Waals surface area contributed by atoms with Gasteiger partial charge in [-0.2, -0.15) is 0 Å². The molecule has 1 saturated carbocycles. The zero-order valence-corrected chi connectivity index (χ0v) is 8.98.